The molecule has 0 rings (SSSR count). The molecule has 0 aromatic carbocycles. The van der Waals surface area contributed by atoms with Crippen molar-refractivity contribution in [2.24, 2.45) is 0 Å². The number of nitrogens with one attached hydrogen (secondary N) is 1. The van der Waals surface area contributed by atoms with Crippen molar-refractivity contribution in [1.82, 2.24) is 5.32 Å². The molecule has 16 heavy (non-hydrogen) atoms. The first-order valence-electron chi connectivity index (χ1n) is 6.72. The van der Waals surface area contributed by atoms with E-state index in [1.54, 1.807) is 0 Å². The minimum absolute atomic E-state index is 0.248. The molecule has 0 atom stereocenters. The highest BCUT2D eigenvalue weighted by atomic mass is 28.3. The fourth-order valence-electron chi connectivity index (χ4n) is 1.53. The van der Waals surface area contributed by atoms with Crippen molar-refractivity contribution in [2.45, 2.75) is 71.1 Å². The first-order valence-corrected chi connectivity index (χ1v) is 10.4. The van der Waals surface area contributed by atoms with Crippen LogP contribution in [0, 0.1) is 0 Å². The van der Waals surface area contributed by atoms with Crippen LogP contribution in [0.2, 0.25) is 25.7 Å². The predicted octanol–water partition coefficient (Wildman–Crippen LogP) is 3.80. The second-order valence-electron chi connectivity index (χ2n) is 5.82. The van der Waals surface area contributed by atoms with E-state index >= 15 is 0 Å². The van der Waals surface area contributed by atoms with E-state index in [4.69, 9.17) is 0 Å². The van der Waals surface area contributed by atoms with Crippen molar-refractivity contribution in [2.75, 3.05) is 6.54 Å². The Hall–Kier alpha value is -0.313. The zero-order valence-electron chi connectivity index (χ0n) is 11.6. The molecule has 0 spiro atoms. The number of hydrogen-bond donors (Lipinski definition) is 1. The van der Waals surface area contributed by atoms with E-state index in [1.807, 2.05) is 0 Å². The van der Waals surface area contributed by atoms with E-state index in [9.17, 15) is 4.79 Å². The Labute approximate surface area is 102 Å². The SMILES string of the molecule is CCCCCCCNC(=O)CC[Si](C)(C)C. The van der Waals surface area contributed by atoms with Gasteiger partial charge in [0.1, 0.15) is 0 Å². The number of carbonyl (C=O) groups excluding carboxylic acids is 1. The summed E-state index contributed by atoms with van der Waals surface area (Å²) in [5, 5.41) is 3.02. The Balaban J connectivity index is 3.31. The molecule has 0 saturated carbocycles. The summed E-state index contributed by atoms with van der Waals surface area (Å²) in [7, 11) is -1.05. The van der Waals surface area contributed by atoms with Gasteiger partial charge in [-0.25, -0.2) is 0 Å². The maximum atomic E-state index is 11.5. The Morgan fingerprint density at radius 1 is 1.06 bits per heavy atom. The van der Waals surface area contributed by atoms with Gasteiger partial charge in [-0.15, -0.1) is 0 Å². The van der Waals surface area contributed by atoms with Crippen LogP contribution >= 0.6 is 0 Å². The summed E-state index contributed by atoms with van der Waals surface area (Å²) < 4.78 is 0. The third-order valence-corrected chi connectivity index (χ3v) is 4.45. The summed E-state index contributed by atoms with van der Waals surface area (Å²) in [4.78, 5) is 11.5. The van der Waals surface area contributed by atoms with Gasteiger partial charge in [0.15, 0.2) is 0 Å². The van der Waals surface area contributed by atoms with Crippen molar-refractivity contribution in [3.8, 4) is 0 Å². The third-order valence-electron chi connectivity index (χ3n) is 2.70. The van der Waals surface area contributed by atoms with Crippen molar-refractivity contribution in [1.29, 1.82) is 0 Å². The average molecular weight is 243 g/mol. The van der Waals surface area contributed by atoms with Gasteiger partial charge in [-0.1, -0.05) is 52.2 Å². The highest BCUT2D eigenvalue weighted by Gasteiger charge is 2.14. The molecular weight excluding hydrogens is 214 g/mol. The lowest BCUT2D eigenvalue weighted by Crippen LogP contribution is -2.28. The van der Waals surface area contributed by atoms with Gasteiger partial charge in [0.2, 0.25) is 5.91 Å². The average Bonchev–Trinajstić information content (AvgIpc) is 2.19. The molecule has 0 fully saturated rings. The van der Waals surface area contributed by atoms with Crippen molar-refractivity contribution < 1.29 is 4.79 Å². The van der Waals surface area contributed by atoms with Crippen LogP contribution in [0.4, 0.5) is 0 Å². The predicted molar refractivity (Wildman–Crippen MR) is 74.5 cm³/mol. The van der Waals surface area contributed by atoms with Crippen LogP contribution in [0.25, 0.3) is 0 Å². The van der Waals surface area contributed by atoms with Gasteiger partial charge in [0, 0.05) is 21.0 Å². The molecule has 3 heteroatoms. The number of rotatable bonds is 9. The molecule has 0 saturated heterocycles. The summed E-state index contributed by atoms with van der Waals surface area (Å²) in [6.45, 7) is 10.0. The first kappa shape index (κ1) is 15.7. The van der Waals surface area contributed by atoms with Gasteiger partial charge in [-0.05, 0) is 12.5 Å². The Morgan fingerprint density at radius 2 is 1.69 bits per heavy atom. The molecule has 0 heterocycles. The summed E-state index contributed by atoms with van der Waals surface area (Å²) in [6.07, 6.45) is 7.03. The van der Waals surface area contributed by atoms with E-state index in [0.717, 1.165) is 25.4 Å². The molecule has 0 radical (unpaired) electrons. The molecule has 0 aromatic rings. The van der Waals surface area contributed by atoms with Gasteiger partial charge in [-0.3, -0.25) is 4.79 Å². The van der Waals surface area contributed by atoms with E-state index in [2.05, 4.69) is 31.9 Å². The fraction of sp³-hybridized carbons (Fsp3) is 0.923. The summed E-state index contributed by atoms with van der Waals surface area (Å²) in [5.74, 6) is 0.248. The van der Waals surface area contributed by atoms with Crippen LogP contribution in [-0.4, -0.2) is 20.5 Å². The number of hydrogen-bond acceptors (Lipinski definition) is 1. The lowest BCUT2D eigenvalue weighted by molar-refractivity contribution is -0.120. The molecule has 0 aromatic heterocycles. The second kappa shape index (κ2) is 8.80. The zero-order chi connectivity index (χ0) is 12.4. The Bertz CT molecular complexity index is 187. The second-order valence-corrected chi connectivity index (χ2v) is 11.4. The smallest absolute Gasteiger partial charge is 0.219 e. The van der Waals surface area contributed by atoms with E-state index in [1.165, 1.54) is 25.7 Å². The number of unbranched alkanes of at least 4 members (excludes halogenated alkanes) is 4. The molecule has 2 nitrogen and oxygen atoms in total. The van der Waals surface area contributed by atoms with Crippen LogP contribution in [0.3, 0.4) is 0 Å². The zero-order valence-corrected chi connectivity index (χ0v) is 12.6. The third kappa shape index (κ3) is 11.8. The van der Waals surface area contributed by atoms with E-state index < -0.39 is 8.07 Å². The van der Waals surface area contributed by atoms with Crippen LogP contribution < -0.4 is 5.32 Å². The highest BCUT2D eigenvalue weighted by Crippen LogP contribution is 2.10. The molecular formula is C13H29NOSi. The molecule has 0 aliphatic carbocycles. The fourth-order valence-corrected chi connectivity index (χ4v) is 2.51. The molecule has 0 unspecified atom stereocenters. The quantitative estimate of drug-likeness (QED) is 0.484. The molecule has 0 bridgehead atoms. The summed E-state index contributed by atoms with van der Waals surface area (Å²) in [5.41, 5.74) is 0. The van der Waals surface area contributed by atoms with Crippen LogP contribution in [0.15, 0.2) is 0 Å². The largest absolute Gasteiger partial charge is 0.356 e. The van der Waals surface area contributed by atoms with Gasteiger partial charge < -0.3 is 5.32 Å². The minimum Gasteiger partial charge on any atom is -0.356 e. The van der Waals surface area contributed by atoms with Crippen molar-refractivity contribution in [3.05, 3.63) is 0 Å². The van der Waals surface area contributed by atoms with Crippen LogP contribution in [0.1, 0.15) is 45.4 Å². The van der Waals surface area contributed by atoms with E-state index in [0.29, 0.717) is 0 Å². The van der Waals surface area contributed by atoms with Gasteiger partial charge in [0.05, 0.1) is 0 Å². The maximum absolute atomic E-state index is 11.5. The van der Waals surface area contributed by atoms with Crippen molar-refractivity contribution in [3.63, 3.8) is 0 Å². The Morgan fingerprint density at radius 3 is 2.25 bits per heavy atom. The summed E-state index contributed by atoms with van der Waals surface area (Å²) >= 11 is 0. The minimum atomic E-state index is -1.05. The van der Waals surface area contributed by atoms with Crippen molar-refractivity contribution >= 4 is 14.0 Å². The molecule has 1 amide bonds. The normalized spacial score (nSPS) is 11.5. The van der Waals surface area contributed by atoms with Gasteiger partial charge >= 0.3 is 0 Å². The Kier molecular flexibility index (Phi) is 8.62. The first-order chi connectivity index (χ1) is 7.45. The number of carbonyl (C=O) groups is 1. The lowest BCUT2D eigenvalue weighted by Gasteiger charge is -2.14. The topological polar surface area (TPSA) is 29.1 Å². The monoisotopic (exact) mass is 243 g/mol. The number of amides is 1. The highest BCUT2D eigenvalue weighted by molar-refractivity contribution is 6.76. The molecule has 96 valence electrons. The molecule has 0 aliphatic rings. The standard InChI is InChI=1S/C13H29NOSi/c1-5-6-7-8-9-11-14-13(15)10-12-16(2,3)4/h5-12H2,1-4H3,(H,14,15). The molecule has 0 aliphatic heterocycles. The van der Waals surface area contributed by atoms with Crippen LogP contribution in [-0.2, 0) is 4.79 Å². The summed E-state index contributed by atoms with van der Waals surface area (Å²) in [6, 6.07) is 1.11. The van der Waals surface area contributed by atoms with Crippen LogP contribution in [0.5, 0.6) is 0 Å². The van der Waals surface area contributed by atoms with Gasteiger partial charge in [0.25, 0.3) is 0 Å². The maximum Gasteiger partial charge on any atom is 0.219 e. The lowest BCUT2D eigenvalue weighted by atomic mass is 10.1. The molecule has 1 N–H and O–H groups in total. The van der Waals surface area contributed by atoms with E-state index in [-0.39, 0.29) is 5.91 Å². The van der Waals surface area contributed by atoms with Gasteiger partial charge in [-0.2, -0.15) is 0 Å².